The van der Waals surface area contributed by atoms with Crippen LogP contribution in [-0.2, 0) is 16.6 Å². The normalized spacial score (nSPS) is 10.5. The molecule has 0 saturated carbocycles. The second-order valence-electron chi connectivity index (χ2n) is 4.54. The fraction of sp³-hybridized carbons (Fsp3) is 0.583. The summed E-state index contributed by atoms with van der Waals surface area (Å²) in [5, 5.41) is 6.61. The summed E-state index contributed by atoms with van der Waals surface area (Å²) in [4.78, 5) is 23.0. The lowest BCUT2D eigenvalue weighted by Crippen LogP contribution is -2.31. The van der Waals surface area contributed by atoms with E-state index in [-0.39, 0.29) is 12.5 Å². The SMILES string of the molecule is Cc1c(C(=O)OCC(=O)NCC(C)C)cnn1C. The first-order valence-corrected chi connectivity index (χ1v) is 5.84. The summed E-state index contributed by atoms with van der Waals surface area (Å²) >= 11 is 0. The van der Waals surface area contributed by atoms with Crippen molar-refractivity contribution < 1.29 is 14.3 Å². The third-order valence-electron chi connectivity index (χ3n) is 2.50. The number of esters is 1. The van der Waals surface area contributed by atoms with Crippen molar-refractivity contribution in [3.8, 4) is 0 Å². The van der Waals surface area contributed by atoms with Crippen molar-refractivity contribution in [2.24, 2.45) is 13.0 Å². The molecule has 0 aliphatic rings. The molecule has 0 radical (unpaired) electrons. The number of amides is 1. The van der Waals surface area contributed by atoms with Gasteiger partial charge in [0.05, 0.1) is 6.20 Å². The van der Waals surface area contributed by atoms with E-state index in [1.54, 1.807) is 18.7 Å². The van der Waals surface area contributed by atoms with Crippen LogP contribution in [0.3, 0.4) is 0 Å². The van der Waals surface area contributed by atoms with Crippen molar-refractivity contribution in [2.75, 3.05) is 13.2 Å². The Morgan fingerprint density at radius 3 is 2.67 bits per heavy atom. The van der Waals surface area contributed by atoms with E-state index in [4.69, 9.17) is 4.74 Å². The smallest absolute Gasteiger partial charge is 0.342 e. The molecule has 0 aromatic carbocycles. The van der Waals surface area contributed by atoms with Gasteiger partial charge >= 0.3 is 5.97 Å². The summed E-state index contributed by atoms with van der Waals surface area (Å²) in [5.41, 5.74) is 1.09. The molecular formula is C12H19N3O3. The summed E-state index contributed by atoms with van der Waals surface area (Å²) in [6, 6.07) is 0. The Morgan fingerprint density at radius 1 is 1.50 bits per heavy atom. The van der Waals surface area contributed by atoms with E-state index in [1.165, 1.54) is 6.20 Å². The van der Waals surface area contributed by atoms with Crippen LogP contribution in [0.4, 0.5) is 0 Å². The number of carbonyl (C=O) groups is 2. The molecule has 1 N–H and O–H groups in total. The molecule has 0 spiro atoms. The number of carbonyl (C=O) groups excluding carboxylic acids is 2. The Labute approximate surface area is 106 Å². The zero-order chi connectivity index (χ0) is 13.7. The minimum Gasteiger partial charge on any atom is -0.452 e. The first-order chi connectivity index (χ1) is 8.41. The molecule has 6 nitrogen and oxygen atoms in total. The number of hydrogen-bond donors (Lipinski definition) is 1. The van der Waals surface area contributed by atoms with Gasteiger partial charge in [0.15, 0.2) is 6.61 Å². The van der Waals surface area contributed by atoms with Crippen molar-refractivity contribution in [2.45, 2.75) is 20.8 Å². The lowest BCUT2D eigenvalue weighted by atomic mass is 10.2. The minimum absolute atomic E-state index is 0.264. The predicted molar refractivity (Wildman–Crippen MR) is 66.1 cm³/mol. The summed E-state index contributed by atoms with van der Waals surface area (Å²) in [7, 11) is 1.74. The monoisotopic (exact) mass is 253 g/mol. The van der Waals surface area contributed by atoms with Crippen LogP contribution in [0, 0.1) is 12.8 Å². The number of nitrogens with zero attached hydrogens (tertiary/aromatic N) is 2. The van der Waals surface area contributed by atoms with Crippen molar-refractivity contribution in [3.05, 3.63) is 17.5 Å². The Kier molecular flexibility index (Phi) is 4.88. The lowest BCUT2D eigenvalue weighted by Gasteiger charge is -2.08. The predicted octanol–water partition coefficient (Wildman–Crippen LogP) is 0.658. The lowest BCUT2D eigenvalue weighted by molar-refractivity contribution is -0.124. The van der Waals surface area contributed by atoms with Crippen molar-refractivity contribution in [3.63, 3.8) is 0 Å². The van der Waals surface area contributed by atoms with E-state index in [9.17, 15) is 9.59 Å². The van der Waals surface area contributed by atoms with Gasteiger partial charge < -0.3 is 10.1 Å². The molecule has 0 saturated heterocycles. The van der Waals surface area contributed by atoms with Gasteiger partial charge in [-0.15, -0.1) is 0 Å². The molecule has 0 unspecified atom stereocenters. The van der Waals surface area contributed by atoms with E-state index in [0.717, 1.165) is 0 Å². The van der Waals surface area contributed by atoms with Gasteiger partial charge in [0.25, 0.3) is 5.91 Å². The van der Waals surface area contributed by atoms with Crippen molar-refractivity contribution in [1.29, 1.82) is 0 Å². The highest BCUT2D eigenvalue weighted by Crippen LogP contribution is 2.06. The van der Waals surface area contributed by atoms with E-state index < -0.39 is 5.97 Å². The Hall–Kier alpha value is -1.85. The second kappa shape index (κ2) is 6.18. The summed E-state index contributed by atoms with van der Waals surface area (Å²) < 4.78 is 6.49. The maximum atomic E-state index is 11.7. The van der Waals surface area contributed by atoms with Gasteiger partial charge in [-0.1, -0.05) is 13.8 Å². The molecule has 0 fully saturated rings. The standard InChI is InChI=1S/C12H19N3O3/c1-8(2)5-13-11(16)7-18-12(17)10-6-14-15(4)9(10)3/h6,8H,5,7H2,1-4H3,(H,13,16). The van der Waals surface area contributed by atoms with Crippen LogP contribution in [-0.4, -0.2) is 34.8 Å². The average molecular weight is 253 g/mol. The highest BCUT2D eigenvalue weighted by molar-refractivity contribution is 5.92. The third kappa shape index (κ3) is 3.87. The highest BCUT2D eigenvalue weighted by Gasteiger charge is 2.15. The summed E-state index contributed by atoms with van der Waals surface area (Å²) in [6.07, 6.45) is 1.43. The van der Waals surface area contributed by atoms with Crippen LogP contribution in [0.15, 0.2) is 6.20 Å². The Morgan fingerprint density at radius 2 is 2.17 bits per heavy atom. The van der Waals surface area contributed by atoms with Gasteiger partial charge in [0, 0.05) is 19.3 Å². The van der Waals surface area contributed by atoms with Gasteiger partial charge in [0.2, 0.25) is 0 Å². The molecule has 0 bridgehead atoms. The van der Waals surface area contributed by atoms with Gasteiger partial charge in [-0.05, 0) is 12.8 Å². The summed E-state index contributed by atoms with van der Waals surface area (Å²) in [5.74, 6) is -0.455. The van der Waals surface area contributed by atoms with Crippen LogP contribution >= 0.6 is 0 Å². The molecular weight excluding hydrogens is 234 g/mol. The van der Waals surface area contributed by atoms with Gasteiger partial charge in [-0.2, -0.15) is 5.10 Å². The van der Waals surface area contributed by atoms with E-state index in [0.29, 0.717) is 23.7 Å². The van der Waals surface area contributed by atoms with E-state index in [2.05, 4.69) is 10.4 Å². The molecule has 1 heterocycles. The zero-order valence-corrected chi connectivity index (χ0v) is 11.2. The summed E-state index contributed by atoms with van der Waals surface area (Å²) in [6.45, 7) is 6.06. The molecule has 1 amide bonds. The Balaban J connectivity index is 2.42. The van der Waals surface area contributed by atoms with E-state index >= 15 is 0 Å². The second-order valence-corrected chi connectivity index (χ2v) is 4.54. The molecule has 1 rings (SSSR count). The molecule has 1 aromatic heterocycles. The number of nitrogens with one attached hydrogen (secondary N) is 1. The maximum absolute atomic E-state index is 11.7. The number of hydrogen-bond acceptors (Lipinski definition) is 4. The van der Waals surface area contributed by atoms with Crippen LogP contribution in [0.2, 0.25) is 0 Å². The largest absolute Gasteiger partial charge is 0.452 e. The van der Waals surface area contributed by atoms with Crippen molar-refractivity contribution in [1.82, 2.24) is 15.1 Å². The molecule has 6 heteroatoms. The molecule has 0 aliphatic heterocycles. The topological polar surface area (TPSA) is 73.2 Å². The fourth-order valence-electron chi connectivity index (χ4n) is 1.28. The molecule has 0 aliphatic carbocycles. The Bertz CT molecular complexity index is 438. The van der Waals surface area contributed by atoms with Crippen LogP contribution < -0.4 is 5.32 Å². The number of rotatable bonds is 5. The van der Waals surface area contributed by atoms with Crippen LogP contribution in [0.5, 0.6) is 0 Å². The number of ether oxygens (including phenoxy) is 1. The number of aryl methyl sites for hydroxylation is 1. The zero-order valence-electron chi connectivity index (χ0n) is 11.2. The molecule has 18 heavy (non-hydrogen) atoms. The average Bonchev–Trinajstić information content (AvgIpc) is 2.64. The third-order valence-corrected chi connectivity index (χ3v) is 2.50. The quantitative estimate of drug-likeness (QED) is 0.782. The fourth-order valence-corrected chi connectivity index (χ4v) is 1.28. The first kappa shape index (κ1) is 14.2. The number of aromatic nitrogens is 2. The molecule has 0 atom stereocenters. The van der Waals surface area contributed by atoms with Crippen LogP contribution in [0.1, 0.15) is 29.9 Å². The maximum Gasteiger partial charge on any atom is 0.342 e. The first-order valence-electron chi connectivity index (χ1n) is 5.84. The van der Waals surface area contributed by atoms with E-state index in [1.807, 2.05) is 13.8 Å². The van der Waals surface area contributed by atoms with Gasteiger partial charge in [-0.25, -0.2) is 4.79 Å². The van der Waals surface area contributed by atoms with Crippen LogP contribution in [0.25, 0.3) is 0 Å². The van der Waals surface area contributed by atoms with Gasteiger partial charge in [-0.3, -0.25) is 9.48 Å². The molecule has 100 valence electrons. The minimum atomic E-state index is -0.528. The van der Waals surface area contributed by atoms with Crippen molar-refractivity contribution >= 4 is 11.9 Å². The highest BCUT2D eigenvalue weighted by atomic mass is 16.5. The molecule has 1 aromatic rings. The van der Waals surface area contributed by atoms with Gasteiger partial charge in [0.1, 0.15) is 5.56 Å².